The molecule has 0 heterocycles. The van der Waals surface area contributed by atoms with Gasteiger partial charge in [0.05, 0.1) is 5.25 Å². The van der Waals surface area contributed by atoms with Gasteiger partial charge in [-0.15, -0.1) is 0 Å². The maximum Gasteiger partial charge on any atom is 0.463 e. The molecule has 120 valence electrons. The van der Waals surface area contributed by atoms with Gasteiger partial charge in [0.15, 0.2) is 5.75 Å². The Morgan fingerprint density at radius 2 is 2.18 bits per heavy atom. The van der Waals surface area contributed by atoms with Crippen molar-refractivity contribution in [2.45, 2.75) is 37.2 Å². The second-order valence-corrected chi connectivity index (χ2v) is 11.3. The summed E-state index contributed by atoms with van der Waals surface area (Å²) >= 11 is 10.3. The van der Waals surface area contributed by atoms with E-state index in [1.807, 2.05) is 31.2 Å². The second-order valence-electron chi connectivity index (χ2n) is 5.67. The number of allylic oxidation sites excluding steroid dienone is 1. The molecule has 7 heteroatoms. The van der Waals surface area contributed by atoms with Crippen molar-refractivity contribution >= 4 is 45.2 Å². The number of hydrogen-bond donors (Lipinski definition) is 2. The summed E-state index contributed by atoms with van der Waals surface area (Å²) in [4.78, 5) is 0. The lowest BCUT2D eigenvalue weighted by atomic mass is 9.80. The highest BCUT2D eigenvalue weighted by molar-refractivity contribution is 9.10. The monoisotopic (exact) mass is 420 g/mol. The predicted octanol–water partition coefficient (Wildman–Crippen LogP) is 4.73. The first kappa shape index (κ1) is 18.4. The Bertz CT molecular complexity index is 565. The molecule has 3 N–H and O–H groups in total. The Kier molecular flexibility index (Phi) is 6.46. The normalized spacial score (nSPS) is 29.0. The highest BCUT2D eigenvalue weighted by atomic mass is 79.9. The first-order valence-electron chi connectivity index (χ1n) is 7.02. The topological polar surface area (TPSA) is 55.5 Å². The van der Waals surface area contributed by atoms with Crippen LogP contribution in [0.4, 0.5) is 0 Å². The van der Waals surface area contributed by atoms with Crippen LogP contribution >= 0.6 is 33.4 Å². The average Bonchev–Trinajstić information content (AvgIpc) is 2.43. The molecule has 1 fully saturated rings. The van der Waals surface area contributed by atoms with Gasteiger partial charge in [0.1, 0.15) is 17.1 Å². The van der Waals surface area contributed by atoms with Crippen LogP contribution in [0, 0.1) is 5.92 Å². The van der Waals surface area contributed by atoms with Crippen LogP contribution in [0.5, 0.6) is 5.75 Å². The quantitative estimate of drug-likeness (QED) is 0.409. The predicted molar refractivity (Wildman–Crippen MR) is 102 cm³/mol. The highest BCUT2D eigenvalue weighted by Crippen LogP contribution is 2.50. The van der Waals surface area contributed by atoms with Gasteiger partial charge in [-0.05, 0) is 56.4 Å². The molecule has 0 bridgehead atoms. The number of nitrogens with two attached hydrogens (primary N) is 1. The average molecular weight is 421 g/mol. The van der Waals surface area contributed by atoms with Crippen molar-refractivity contribution in [2.24, 2.45) is 11.7 Å². The molecule has 1 aromatic rings. The van der Waals surface area contributed by atoms with Crippen LogP contribution in [0.25, 0.3) is 0 Å². The van der Waals surface area contributed by atoms with E-state index in [2.05, 4.69) is 22.5 Å². The standard InChI is InChI=1S/C15H20BrNO2PS2/c1-10(2)11-7-8-15(17,18)14(9-11)22-20(21)19-13-5-3-12(16)4-6-13/h3-6,11,14,18H,1,7-9,17H2,2H3/q+1/t11?,14-,15-/m1/s1. The third-order valence-electron chi connectivity index (χ3n) is 3.85. The molecule has 1 saturated carbocycles. The van der Waals surface area contributed by atoms with Crippen molar-refractivity contribution in [1.29, 1.82) is 0 Å². The van der Waals surface area contributed by atoms with Crippen molar-refractivity contribution in [1.82, 2.24) is 0 Å². The zero-order valence-corrected chi connectivity index (χ0v) is 16.5. The molecule has 0 aliphatic heterocycles. The summed E-state index contributed by atoms with van der Waals surface area (Å²) in [7, 11) is 0. The van der Waals surface area contributed by atoms with E-state index in [1.165, 1.54) is 11.4 Å². The Balaban J connectivity index is 1.98. The molecular formula is C15H20BrNO2PS2+. The number of hydrogen-bond acceptors (Lipinski definition) is 5. The van der Waals surface area contributed by atoms with Crippen molar-refractivity contribution in [3.8, 4) is 5.75 Å². The van der Waals surface area contributed by atoms with Crippen LogP contribution < -0.4 is 10.3 Å². The van der Waals surface area contributed by atoms with E-state index in [0.717, 1.165) is 28.6 Å². The van der Waals surface area contributed by atoms with Crippen molar-refractivity contribution in [2.75, 3.05) is 0 Å². The minimum absolute atomic E-state index is 0.123. The van der Waals surface area contributed by atoms with Crippen LogP contribution in [0.15, 0.2) is 40.9 Å². The minimum atomic E-state index is -1.18. The van der Waals surface area contributed by atoms with E-state index in [9.17, 15) is 5.11 Å². The first-order valence-corrected chi connectivity index (χ1v) is 11.6. The van der Waals surface area contributed by atoms with Crippen LogP contribution in [0.3, 0.4) is 0 Å². The van der Waals surface area contributed by atoms with Crippen molar-refractivity contribution < 1.29 is 9.63 Å². The Hall–Kier alpha value is 0.0300. The van der Waals surface area contributed by atoms with Crippen molar-refractivity contribution in [3.05, 3.63) is 40.9 Å². The molecule has 1 aliphatic rings. The lowest BCUT2D eigenvalue weighted by Crippen LogP contribution is -2.52. The molecule has 0 spiro atoms. The molecule has 22 heavy (non-hydrogen) atoms. The maximum absolute atomic E-state index is 10.4. The molecule has 1 aliphatic carbocycles. The second kappa shape index (κ2) is 7.73. The van der Waals surface area contributed by atoms with Crippen molar-refractivity contribution in [3.63, 3.8) is 0 Å². The zero-order valence-electron chi connectivity index (χ0n) is 12.4. The van der Waals surface area contributed by atoms with Gasteiger partial charge in [-0.1, -0.05) is 28.1 Å². The van der Waals surface area contributed by atoms with Gasteiger partial charge in [0, 0.05) is 4.47 Å². The smallest absolute Gasteiger partial charge is 0.375 e. The summed E-state index contributed by atoms with van der Waals surface area (Å²) < 4.78 is 6.79. The summed E-state index contributed by atoms with van der Waals surface area (Å²) in [5.41, 5.74) is 6.01. The summed E-state index contributed by atoms with van der Waals surface area (Å²) in [6.07, 6.45) is 1.07. The van der Waals surface area contributed by atoms with E-state index < -0.39 is 11.9 Å². The van der Waals surface area contributed by atoms with Crippen LogP contribution in [0.1, 0.15) is 26.2 Å². The molecule has 0 saturated heterocycles. The number of rotatable bonds is 5. The Labute approximate surface area is 150 Å². The number of benzene rings is 1. The van der Waals surface area contributed by atoms with Gasteiger partial charge in [0.2, 0.25) is 11.8 Å². The van der Waals surface area contributed by atoms with Gasteiger partial charge in [0.25, 0.3) is 0 Å². The molecule has 0 amide bonds. The van der Waals surface area contributed by atoms with Gasteiger partial charge in [-0.3, -0.25) is 4.52 Å². The van der Waals surface area contributed by atoms with E-state index in [1.54, 1.807) is 0 Å². The minimum Gasteiger partial charge on any atom is -0.375 e. The fourth-order valence-electron chi connectivity index (χ4n) is 2.44. The Morgan fingerprint density at radius 1 is 1.55 bits per heavy atom. The zero-order chi connectivity index (χ0) is 16.3. The molecule has 0 aromatic heterocycles. The van der Waals surface area contributed by atoms with Gasteiger partial charge in [-0.25, -0.2) is 0 Å². The first-order chi connectivity index (χ1) is 10.3. The van der Waals surface area contributed by atoms with Gasteiger partial charge < -0.3 is 10.8 Å². The summed E-state index contributed by atoms with van der Waals surface area (Å²) in [5.74, 6) is 1.14. The molecule has 4 atom stereocenters. The molecule has 0 radical (unpaired) electrons. The number of aliphatic hydroxyl groups is 1. The van der Waals surface area contributed by atoms with Gasteiger partial charge >= 0.3 is 6.13 Å². The SMILES string of the molecule is C=C(C)C1CC[C@@](N)(O)[C@H](S[P+](=S)Oc2ccc(Br)cc2)C1. The summed E-state index contributed by atoms with van der Waals surface area (Å²) in [6.45, 7) is 6.06. The number of halogens is 1. The molecule has 3 nitrogen and oxygen atoms in total. The fourth-order valence-corrected chi connectivity index (χ4v) is 6.87. The molecule has 2 unspecified atom stereocenters. The maximum atomic E-state index is 10.4. The third kappa shape index (κ3) is 5.02. The van der Waals surface area contributed by atoms with E-state index in [-0.39, 0.29) is 5.25 Å². The Morgan fingerprint density at radius 3 is 2.77 bits per heavy atom. The summed E-state index contributed by atoms with van der Waals surface area (Å²) in [6, 6.07) is 7.57. The largest absolute Gasteiger partial charge is 0.463 e. The fraction of sp³-hybridized carbons (Fsp3) is 0.467. The highest BCUT2D eigenvalue weighted by Gasteiger charge is 2.44. The van der Waals surface area contributed by atoms with Crippen LogP contribution in [0.2, 0.25) is 0 Å². The molecule has 2 rings (SSSR count). The van der Waals surface area contributed by atoms with E-state index in [4.69, 9.17) is 22.1 Å². The van der Waals surface area contributed by atoms with Crippen LogP contribution in [-0.2, 0) is 11.8 Å². The van der Waals surface area contributed by atoms with E-state index >= 15 is 0 Å². The van der Waals surface area contributed by atoms with Crippen LogP contribution in [-0.4, -0.2) is 16.1 Å². The molecular weight excluding hydrogens is 401 g/mol. The lowest BCUT2D eigenvalue weighted by Gasteiger charge is -2.37. The van der Waals surface area contributed by atoms with Gasteiger partial charge in [-0.2, -0.15) is 0 Å². The van der Waals surface area contributed by atoms with E-state index in [0.29, 0.717) is 12.3 Å². The third-order valence-corrected chi connectivity index (χ3v) is 8.27. The lowest BCUT2D eigenvalue weighted by molar-refractivity contribution is 0.00799. The molecule has 1 aromatic carbocycles. The summed E-state index contributed by atoms with van der Waals surface area (Å²) in [5, 5.41) is 10.3.